The number of aryl methyl sites for hydroxylation is 1. The second-order valence-corrected chi connectivity index (χ2v) is 7.33. The molecule has 1 heterocycles. The minimum absolute atomic E-state index is 0.185. The van der Waals surface area contributed by atoms with Crippen molar-refractivity contribution in [2.75, 3.05) is 6.54 Å². The van der Waals surface area contributed by atoms with Crippen molar-refractivity contribution in [2.45, 2.75) is 56.2 Å². The quantitative estimate of drug-likeness (QED) is 0.825. The first-order valence-electron chi connectivity index (χ1n) is 5.65. The highest BCUT2D eigenvalue weighted by Gasteiger charge is 2.13. The number of rotatable bonds is 5. The predicted octanol–water partition coefficient (Wildman–Crippen LogP) is 2.97. The summed E-state index contributed by atoms with van der Waals surface area (Å²) < 4.78 is 5.37. The fourth-order valence-electron chi connectivity index (χ4n) is 1.09. The summed E-state index contributed by atoms with van der Waals surface area (Å²) in [6, 6.07) is 0. The fourth-order valence-corrected chi connectivity index (χ4v) is 3.04. The van der Waals surface area contributed by atoms with Gasteiger partial charge in [0.2, 0.25) is 0 Å². The molecule has 0 aliphatic carbocycles. The van der Waals surface area contributed by atoms with Crippen LogP contribution >= 0.6 is 23.3 Å². The lowest BCUT2D eigenvalue weighted by Gasteiger charge is -2.22. The Bertz CT molecular complexity index is 317. The van der Waals surface area contributed by atoms with Crippen molar-refractivity contribution < 1.29 is 0 Å². The van der Waals surface area contributed by atoms with Crippen molar-refractivity contribution in [3.05, 3.63) is 5.82 Å². The molecule has 0 saturated carbocycles. The summed E-state index contributed by atoms with van der Waals surface area (Å²) in [6.07, 6.45) is 0.922. The molecule has 0 aliphatic heterocycles. The molecule has 0 radical (unpaired) electrons. The summed E-state index contributed by atoms with van der Waals surface area (Å²) in [5.74, 6) is 0.962. The largest absolute Gasteiger partial charge is 0.311 e. The van der Waals surface area contributed by atoms with E-state index in [0.29, 0.717) is 5.25 Å². The van der Waals surface area contributed by atoms with Crippen molar-refractivity contribution in [3.8, 4) is 0 Å². The van der Waals surface area contributed by atoms with Gasteiger partial charge in [-0.1, -0.05) is 25.6 Å². The molecule has 0 spiro atoms. The maximum absolute atomic E-state index is 4.46. The zero-order valence-electron chi connectivity index (χ0n) is 10.7. The Kier molecular flexibility index (Phi) is 5.21. The van der Waals surface area contributed by atoms with E-state index >= 15 is 0 Å². The lowest BCUT2D eigenvalue weighted by Crippen LogP contribution is -2.39. The van der Waals surface area contributed by atoms with Gasteiger partial charge in [-0.2, -0.15) is 4.37 Å². The number of nitrogens with one attached hydrogen (secondary N) is 1. The molecule has 1 rings (SSSR count). The fraction of sp³-hybridized carbons (Fsp3) is 0.818. The van der Waals surface area contributed by atoms with Crippen molar-refractivity contribution >= 4 is 23.3 Å². The monoisotopic (exact) mass is 259 g/mol. The van der Waals surface area contributed by atoms with Crippen LogP contribution in [0.25, 0.3) is 0 Å². The highest BCUT2D eigenvalue weighted by atomic mass is 32.2. The van der Waals surface area contributed by atoms with Crippen LogP contribution in [0.4, 0.5) is 0 Å². The van der Waals surface area contributed by atoms with Crippen LogP contribution < -0.4 is 5.32 Å². The molecule has 0 bridgehead atoms. The maximum atomic E-state index is 4.46. The summed E-state index contributed by atoms with van der Waals surface area (Å²) in [5, 5.41) is 4.02. The molecule has 0 amide bonds. The van der Waals surface area contributed by atoms with E-state index in [4.69, 9.17) is 0 Å². The predicted molar refractivity (Wildman–Crippen MR) is 72.4 cm³/mol. The summed E-state index contributed by atoms with van der Waals surface area (Å²) in [4.78, 5) is 4.46. The first kappa shape index (κ1) is 13.9. The number of thioether (sulfide) groups is 1. The molecule has 5 heteroatoms. The standard InChI is InChI=1S/C11H21N3S2/c1-6-9-13-10(16-14-9)15-8(2)7-12-11(3,4)5/h8,12H,6-7H2,1-5H3. The Morgan fingerprint density at radius 2 is 2.12 bits per heavy atom. The molecular formula is C11H21N3S2. The zero-order valence-corrected chi connectivity index (χ0v) is 12.3. The molecule has 0 aromatic carbocycles. The smallest absolute Gasteiger partial charge is 0.170 e. The molecule has 1 N–H and O–H groups in total. The molecule has 16 heavy (non-hydrogen) atoms. The van der Waals surface area contributed by atoms with Gasteiger partial charge in [-0.15, -0.1) is 0 Å². The molecule has 1 atom stereocenters. The molecule has 3 nitrogen and oxygen atoms in total. The van der Waals surface area contributed by atoms with Gasteiger partial charge in [0.15, 0.2) is 4.34 Å². The van der Waals surface area contributed by atoms with Gasteiger partial charge in [0.25, 0.3) is 0 Å². The van der Waals surface area contributed by atoms with E-state index in [1.54, 1.807) is 11.8 Å². The van der Waals surface area contributed by atoms with Crippen LogP contribution in [0, 0.1) is 0 Å². The van der Waals surface area contributed by atoms with E-state index in [2.05, 4.69) is 49.3 Å². The van der Waals surface area contributed by atoms with Crippen LogP contribution in [-0.4, -0.2) is 26.7 Å². The third-order valence-corrected chi connectivity index (χ3v) is 3.91. The second kappa shape index (κ2) is 5.98. The van der Waals surface area contributed by atoms with Crippen molar-refractivity contribution in [2.24, 2.45) is 0 Å². The Balaban J connectivity index is 2.36. The molecule has 0 aliphatic rings. The van der Waals surface area contributed by atoms with E-state index in [1.165, 1.54) is 11.5 Å². The average Bonchev–Trinajstić information content (AvgIpc) is 2.61. The third kappa shape index (κ3) is 5.27. The summed E-state index contributed by atoms with van der Waals surface area (Å²) >= 11 is 3.31. The molecule has 92 valence electrons. The Morgan fingerprint density at radius 3 is 2.62 bits per heavy atom. The topological polar surface area (TPSA) is 37.8 Å². The Morgan fingerprint density at radius 1 is 1.44 bits per heavy atom. The van der Waals surface area contributed by atoms with Gasteiger partial charge in [0, 0.05) is 23.8 Å². The van der Waals surface area contributed by atoms with Crippen LogP contribution in [0.2, 0.25) is 0 Å². The summed E-state index contributed by atoms with van der Waals surface area (Å²) in [5.41, 5.74) is 0.185. The SMILES string of the molecule is CCc1nsc(SC(C)CNC(C)(C)C)n1. The molecule has 0 saturated heterocycles. The zero-order chi connectivity index (χ0) is 12.2. The molecule has 1 unspecified atom stereocenters. The van der Waals surface area contributed by atoms with Crippen LogP contribution in [0.1, 0.15) is 40.4 Å². The summed E-state index contributed by atoms with van der Waals surface area (Å²) in [7, 11) is 0. The van der Waals surface area contributed by atoms with Gasteiger partial charge in [-0.05, 0) is 32.3 Å². The minimum atomic E-state index is 0.185. The first-order chi connectivity index (χ1) is 7.40. The lowest BCUT2D eigenvalue weighted by atomic mass is 10.1. The van der Waals surface area contributed by atoms with Crippen LogP contribution in [0.3, 0.4) is 0 Å². The minimum Gasteiger partial charge on any atom is -0.311 e. The number of nitrogens with zero attached hydrogens (tertiary/aromatic N) is 2. The lowest BCUT2D eigenvalue weighted by molar-refractivity contribution is 0.429. The molecule has 0 fully saturated rings. The normalized spacial score (nSPS) is 14.1. The number of hydrogen-bond donors (Lipinski definition) is 1. The van der Waals surface area contributed by atoms with E-state index < -0.39 is 0 Å². The van der Waals surface area contributed by atoms with Crippen LogP contribution in [-0.2, 0) is 6.42 Å². The van der Waals surface area contributed by atoms with E-state index in [1.807, 2.05) is 0 Å². The highest BCUT2D eigenvalue weighted by Crippen LogP contribution is 2.24. The number of aromatic nitrogens is 2. The number of hydrogen-bond acceptors (Lipinski definition) is 5. The average molecular weight is 259 g/mol. The van der Waals surface area contributed by atoms with Gasteiger partial charge in [0.05, 0.1) is 0 Å². The summed E-state index contributed by atoms with van der Waals surface area (Å²) in [6.45, 7) is 11.9. The molecule has 1 aromatic rings. The van der Waals surface area contributed by atoms with E-state index in [-0.39, 0.29) is 5.54 Å². The molecule has 1 aromatic heterocycles. The van der Waals surface area contributed by atoms with E-state index in [9.17, 15) is 0 Å². The first-order valence-corrected chi connectivity index (χ1v) is 7.30. The Labute approximate surface area is 107 Å². The maximum Gasteiger partial charge on any atom is 0.170 e. The van der Waals surface area contributed by atoms with Crippen LogP contribution in [0.15, 0.2) is 4.34 Å². The second-order valence-electron chi connectivity index (χ2n) is 4.89. The van der Waals surface area contributed by atoms with Gasteiger partial charge in [0.1, 0.15) is 5.82 Å². The van der Waals surface area contributed by atoms with E-state index in [0.717, 1.165) is 23.1 Å². The van der Waals surface area contributed by atoms with Crippen LogP contribution in [0.5, 0.6) is 0 Å². The van der Waals surface area contributed by atoms with Gasteiger partial charge in [-0.25, -0.2) is 4.98 Å². The van der Waals surface area contributed by atoms with Crippen molar-refractivity contribution in [1.82, 2.24) is 14.7 Å². The molecular weight excluding hydrogens is 238 g/mol. The van der Waals surface area contributed by atoms with Crippen molar-refractivity contribution in [1.29, 1.82) is 0 Å². The third-order valence-electron chi connectivity index (χ3n) is 1.99. The Hall–Kier alpha value is -0.130. The van der Waals surface area contributed by atoms with Crippen molar-refractivity contribution in [3.63, 3.8) is 0 Å². The van der Waals surface area contributed by atoms with Gasteiger partial charge < -0.3 is 5.32 Å². The van der Waals surface area contributed by atoms with Gasteiger partial charge in [-0.3, -0.25) is 0 Å². The highest BCUT2D eigenvalue weighted by molar-refractivity contribution is 8.01. The van der Waals surface area contributed by atoms with Gasteiger partial charge >= 0.3 is 0 Å².